The summed E-state index contributed by atoms with van der Waals surface area (Å²) in [6.45, 7) is 2.25. The molecule has 0 spiro atoms. The number of methoxy groups -OCH3 is 1. The second-order valence-electron chi connectivity index (χ2n) is 5.35. The molecule has 0 radical (unpaired) electrons. The van der Waals surface area contributed by atoms with Crippen LogP contribution in [0.4, 0.5) is 0 Å². The molecule has 1 saturated heterocycles. The van der Waals surface area contributed by atoms with E-state index in [0.717, 1.165) is 19.8 Å². The summed E-state index contributed by atoms with van der Waals surface area (Å²) in [6, 6.07) is 0. The van der Waals surface area contributed by atoms with Gasteiger partial charge in [-0.05, 0) is 31.6 Å². The van der Waals surface area contributed by atoms with Crippen molar-refractivity contribution in [3.63, 3.8) is 0 Å². The molecule has 1 aliphatic heterocycles. The van der Waals surface area contributed by atoms with Crippen LogP contribution in [-0.4, -0.2) is 33.2 Å². The lowest BCUT2D eigenvalue weighted by Crippen LogP contribution is -2.39. The van der Waals surface area contributed by atoms with E-state index in [1.165, 1.54) is 25.7 Å². The molecule has 0 aromatic heterocycles. The third kappa shape index (κ3) is 3.95. The lowest BCUT2D eigenvalue weighted by molar-refractivity contribution is -0.233. The van der Waals surface area contributed by atoms with Crippen molar-refractivity contribution >= 4 is 11.6 Å². The minimum absolute atomic E-state index is 0.000891. The number of hydrogen-bond acceptors (Lipinski definition) is 3. The molecular weight excluding hydrogens is 252 g/mol. The normalized spacial score (nSPS) is 38.1. The Labute approximate surface area is 114 Å². The minimum Gasteiger partial charge on any atom is -0.384 e. The van der Waals surface area contributed by atoms with E-state index in [4.69, 9.17) is 25.8 Å². The molecule has 2 fully saturated rings. The smallest absolute Gasteiger partial charge is 0.160 e. The van der Waals surface area contributed by atoms with Gasteiger partial charge in [0.15, 0.2) is 6.29 Å². The molecule has 4 heteroatoms. The van der Waals surface area contributed by atoms with Gasteiger partial charge in [-0.3, -0.25) is 0 Å². The van der Waals surface area contributed by atoms with Crippen LogP contribution in [0.1, 0.15) is 25.7 Å². The molecule has 2 rings (SSSR count). The lowest BCUT2D eigenvalue weighted by atomic mass is 9.81. The molecule has 2 aliphatic rings. The van der Waals surface area contributed by atoms with Crippen molar-refractivity contribution in [3.05, 3.63) is 11.6 Å². The summed E-state index contributed by atoms with van der Waals surface area (Å²) in [5.74, 6) is 1.58. The van der Waals surface area contributed by atoms with Gasteiger partial charge < -0.3 is 14.2 Å². The van der Waals surface area contributed by atoms with Gasteiger partial charge in [0.25, 0.3) is 0 Å². The second-order valence-corrected chi connectivity index (χ2v) is 5.60. The zero-order chi connectivity index (χ0) is 12.8. The van der Waals surface area contributed by atoms with E-state index >= 15 is 0 Å². The highest BCUT2D eigenvalue weighted by Crippen LogP contribution is 2.34. The predicted octanol–water partition coefficient (Wildman–Crippen LogP) is 3.18. The molecule has 0 amide bonds. The Bertz CT molecular complexity index is 254. The van der Waals surface area contributed by atoms with Crippen molar-refractivity contribution in [1.82, 2.24) is 0 Å². The zero-order valence-corrected chi connectivity index (χ0v) is 11.8. The van der Waals surface area contributed by atoms with Crippen LogP contribution in [0, 0.1) is 17.8 Å². The maximum atomic E-state index is 5.83. The Morgan fingerprint density at radius 1 is 1.17 bits per heavy atom. The van der Waals surface area contributed by atoms with E-state index in [2.05, 4.69) is 6.08 Å². The first-order valence-corrected chi connectivity index (χ1v) is 7.26. The monoisotopic (exact) mass is 274 g/mol. The van der Waals surface area contributed by atoms with Crippen LogP contribution in [0.3, 0.4) is 0 Å². The molecule has 0 unspecified atom stereocenters. The molecule has 0 N–H and O–H groups in total. The van der Waals surface area contributed by atoms with E-state index in [9.17, 15) is 0 Å². The maximum Gasteiger partial charge on any atom is 0.160 e. The summed E-state index contributed by atoms with van der Waals surface area (Å²) in [5.41, 5.74) is 1.65. The van der Waals surface area contributed by atoms with E-state index in [1.54, 1.807) is 12.6 Å². The van der Waals surface area contributed by atoms with Gasteiger partial charge in [-0.1, -0.05) is 17.7 Å². The van der Waals surface area contributed by atoms with Crippen LogP contribution in [0.15, 0.2) is 11.6 Å². The van der Waals surface area contributed by atoms with E-state index < -0.39 is 0 Å². The van der Waals surface area contributed by atoms with Gasteiger partial charge >= 0.3 is 0 Å². The topological polar surface area (TPSA) is 27.7 Å². The molecule has 1 saturated carbocycles. The third-order valence-electron chi connectivity index (χ3n) is 3.94. The van der Waals surface area contributed by atoms with E-state index in [0.29, 0.717) is 17.8 Å². The molecule has 0 atom stereocenters. The molecule has 3 nitrogen and oxygen atoms in total. The second kappa shape index (κ2) is 7.49. The van der Waals surface area contributed by atoms with Crippen molar-refractivity contribution in [2.75, 3.05) is 26.9 Å². The Morgan fingerprint density at radius 2 is 1.83 bits per heavy atom. The summed E-state index contributed by atoms with van der Waals surface area (Å²) in [6.07, 6.45) is 6.84. The third-order valence-corrected chi connectivity index (χ3v) is 4.09. The van der Waals surface area contributed by atoms with Crippen LogP contribution in [-0.2, 0) is 14.2 Å². The standard InChI is InChI=1S/C14H23ClO3/c1-16-8-12-9-17-14(18-10-12)13-4-2-11(3-5-13)6-7-15/h6-7,11-14H,2-5,8-10H2,1H3/b7-6+/t11-,12-,13-,14-. The fourth-order valence-corrected chi connectivity index (χ4v) is 3.08. The lowest BCUT2D eigenvalue weighted by Gasteiger charge is -2.37. The molecule has 1 aliphatic carbocycles. The molecule has 104 valence electrons. The molecule has 18 heavy (non-hydrogen) atoms. The molecular formula is C14H23ClO3. The van der Waals surface area contributed by atoms with Gasteiger partial charge in [0.05, 0.1) is 19.8 Å². The van der Waals surface area contributed by atoms with Gasteiger partial charge in [-0.25, -0.2) is 0 Å². The number of ether oxygens (including phenoxy) is 3. The van der Waals surface area contributed by atoms with Gasteiger partial charge in [0.2, 0.25) is 0 Å². The van der Waals surface area contributed by atoms with Crippen LogP contribution in [0.2, 0.25) is 0 Å². The predicted molar refractivity (Wildman–Crippen MR) is 71.5 cm³/mol. The summed E-state index contributed by atoms with van der Waals surface area (Å²) in [7, 11) is 1.72. The fraction of sp³-hybridized carbons (Fsp3) is 0.857. The highest BCUT2D eigenvalue weighted by Gasteiger charge is 2.31. The van der Waals surface area contributed by atoms with E-state index in [-0.39, 0.29) is 6.29 Å². The van der Waals surface area contributed by atoms with Crippen LogP contribution < -0.4 is 0 Å². The van der Waals surface area contributed by atoms with Gasteiger partial charge in [0.1, 0.15) is 0 Å². The maximum absolute atomic E-state index is 5.83. The largest absolute Gasteiger partial charge is 0.384 e. The average molecular weight is 275 g/mol. The van der Waals surface area contributed by atoms with Crippen molar-refractivity contribution in [2.24, 2.45) is 17.8 Å². The van der Waals surface area contributed by atoms with Gasteiger partial charge in [-0.15, -0.1) is 0 Å². The quantitative estimate of drug-likeness (QED) is 0.788. The van der Waals surface area contributed by atoms with Gasteiger partial charge in [-0.2, -0.15) is 0 Å². The summed E-state index contributed by atoms with van der Waals surface area (Å²) in [5, 5.41) is 0. The minimum atomic E-state index is -0.000891. The van der Waals surface area contributed by atoms with Gasteiger partial charge in [0, 0.05) is 24.5 Å². The van der Waals surface area contributed by atoms with Crippen molar-refractivity contribution in [1.29, 1.82) is 0 Å². The highest BCUT2D eigenvalue weighted by atomic mass is 35.5. The molecule has 0 aromatic rings. The average Bonchev–Trinajstić information content (AvgIpc) is 2.41. The Balaban J connectivity index is 1.71. The number of hydrogen-bond donors (Lipinski definition) is 0. The molecule has 0 bridgehead atoms. The first kappa shape index (κ1) is 14.3. The van der Waals surface area contributed by atoms with E-state index in [1.807, 2.05) is 0 Å². The number of rotatable bonds is 4. The van der Waals surface area contributed by atoms with Crippen molar-refractivity contribution in [2.45, 2.75) is 32.0 Å². The fourth-order valence-electron chi connectivity index (χ4n) is 2.87. The molecule has 0 aromatic carbocycles. The summed E-state index contributed by atoms with van der Waals surface area (Å²) < 4.78 is 16.8. The summed E-state index contributed by atoms with van der Waals surface area (Å²) >= 11 is 5.62. The Hall–Kier alpha value is -0.0900. The first-order valence-electron chi connectivity index (χ1n) is 6.82. The SMILES string of the molecule is COC[C@H]1CO[C@H]([C@H]2CC[C@H](/C=C/Cl)CC2)OC1. The highest BCUT2D eigenvalue weighted by molar-refractivity contribution is 6.25. The van der Waals surface area contributed by atoms with Crippen molar-refractivity contribution in [3.8, 4) is 0 Å². The Kier molecular flexibility index (Phi) is 5.96. The van der Waals surface area contributed by atoms with Crippen LogP contribution in [0.5, 0.6) is 0 Å². The molecule has 1 heterocycles. The number of halogens is 1. The first-order chi connectivity index (χ1) is 8.83. The Morgan fingerprint density at radius 3 is 2.39 bits per heavy atom. The van der Waals surface area contributed by atoms with Crippen LogP contribution in [0.25, 0.3) is 0 Å². The van der Waals surface area contributed by atoms with Crippen molar-refractivity contribution < 1.29 is 14.2 Å². The number of allylic oxidation sites excluding steroid dienone is 1. The van der Waals surface area contributed by atoms with Crippen LogP contribution >= 0.6 is 11.6 Å². The summed E-state index contributed by atoms with van der Waals surface area (Å²) in [4.78, 5) is 0. The zero-order valence-electron chi connectivity index (χ0n) is 11.0.